The van der Waals surface area contributed by atoms with Gasteiger partial charge in [0.2, 0.25) is 5.91 Å². The molecule has 3 heterocycles. The molecule has 1 atom stereocenters. The van der Waals surface area contributed by atoms with E-state index in [2.05, 4.69) is 10.1 Å². The second-order valence-electron chi connectivity index (χ2n) is 7.86. The minimum Gasteiger partial charge on any atom is -0.507 e. The lowest BCUT2D eigenvalue weighted by atomic mass is 10.00. The van der Waals surface area contributed by atoms with Gasteiger partial charge < -0.3 is 10.0 Å². The van der Waals surface area contributed by atoms with E-state index >= 15 is 0 Å². The van der Waals surface area contributed by atoms with E-state index in [1.165, 1.54) is 6.92 Å². The van der Waals surface area contributed by atoms with E-state index in [0.29, 0.717) is 36.9 Å². The molecular formula is C21H21F3N4O2. The molecule has 0 saturated carbocycles. The number of aromatic nitrogens is 3. The van der Waals surface area contributed by atoms with Crippen LogP contribution in [0.25, 0.3) is 22.3 Å². The molecule has 0 bridgehead atoms. The number of hydrogen-bond donors (Lipinski definition) is 1. The van der Waals surface area contributed by atoms with Gasteiger partial charge in [0.15, 0.2) is 5.65 Å². The first-order chi connectivity index (χ1) is 14.0. The lowest BCUT2D eigenvalue weighted by Crippen LogP contribution is -2.20. The molecule has 1 fully saturated rings. The third kappa shape index (κ3) is 3.48. The molecule has 2 aromatic heterocycles. The average molecular weight is 418 g/mol. The van der Waals surface area contributed by atoms with Crippen molar-refractivity contribution in [3.8, 4) is 17.0 Å². The van der Waals surface area contributed by atoms with Gasteiger partial charge >= 0.3 is 6.18 Å². The second kappa shape index (κ2) is 7.00. The average Bonchev–Trinajstić information content (AvgIpc) is 3.12. The van der Waals surface area contributed by atoms with Crippen LogP contribution in [0.2, 0.25) is 0 Å². The minimum atomic E-state index is -4.54. The molecule has 6 nitrogen and oxygen atoms in total. The third-order valence-corrected chi connectivity index (χ3v) is 5.62. The van der Waals surface area contributed by atoms with E-state index in [0.717, 1.165) is 17.1 Å². The zero-order valence-corrected chi connectivity index (χ0v) is 16.8. The first-order valence-corrected chi connectivity index (χ1v) is 9.54. The van der Waals surface area contributed by atoms with Gasteiger partial charge in [0, 0.05) is 49.1 Å². The highest BCUT2D eigenvalue weighted by molar-refractivity contribution is 5.83. The van der Waals surface area contributed by atoms with Gasteiger partial charge in [-0.1, -0.05) is 0 Å². The normalized spacial score (nSPS) is 17.3. The van der Waals surface area contributed by atoms with Crippen LogP contribution in [0.1, 0.15) is 23.2 Å². The second-order valence-corrected chi connectivity index (χ2v) is 7.86. The van der Waals surface area contributed by atoms with Gasteiger partial charge in [0.25, 0.3) is 0 Å². The number of rotatable bonds is 3. The lowest BCUT2D eigenvalue weighted by molar-refractivity contribution is -0.137. The van der Waals surface area contributed by atoms with Crippen LogP contribution in [-0.2, 0) is 17.5 Å². The Labute approximate surface area is 170 Å². The molecule has 1 aromatic carbocycles. The maximum absolute atomic E-state index is 13.0. The van der Waals surface area contributed by atoms with Crippen molar-refractivity contribution >= 4 is 16.9 Å². The van der Waals surface area contributed by atoms with Gasteiger partial charge in [-0.05, 0) is 43.7 Å². The highest BCUT2D eigenvalue weighted by Crippen LogP contribution is 2.39. The number of halogens is 3. The van der Waals surface area contributed by atoms with Crippen LogP contribution in [0, 0.1) is 19.8 Å². The summed E-state index contributed by atoms with van der Waals surface area (Å²) < 4.78 is 40.8. The number of aryl methyl sites for hydroxylation is 2. The van der Waals surface area contributed by atoms with Gasteiger partial charge in [-0.3, -0.25) is 9.48 Å². The fraction of sp³-hybridized carbons (Fsp3) is 0.381. The molecular weight excluding hydrogens is 397 g/mol. The molecule has 9 heteroatoms. The van der Waals surface area contributed by atoms with Crippen molar-refractivity contribution in [2.75, 3.05) is 13.6 Å². The predicted octanol–water partition coefficient (Wildman–Crippen LogP) is 3.92. The predicted molar refractivity (Wildman–Crippen MR) is 105 cm³/mol. The van der Waals surface area contributed by atoms with Gasteiger partial charge in [0.05, 0.1) is 11.3 Å². The maximum Gasteiger partial charge on any atom is 0.416 e. The number of carbonyl (C=O) groups is 1. The number of fused-ring (bicyclic) bond motifs is 1. The van der Waals surface area contributed by atoms with Crippen LogP contribution in [-0.4, -0.2) is 44.3 Å². The largest absolute Gasteiger partial charge is 0.507 e. The van der Waals surface area contributed by atoms with Crippen LogP contribution >= 0.6 is 0 Å². The zero-order chi connectivity index (χ0) is 21.8. The summed E-state index contributed by atoms with van der Waals surface area (Å²) >= 11 is 0. The van der Waals surface area contributed by atoms with Crippen molar-refractivity contribution in [1.82, 2.24) is 19.7 Å². The first-order valence-electron chi connectivity index (χ1n) is 9.54. The van der Waals surface area contributed by atoms with Crippen molar-refractivity contribution < 1.29 is 23.1 Å². The van der Waals surface area contributed by atoms with E-state index in [-0.39, 0.29) is 23.0 Å². The van der Waals surface area contributed by atoms with Crippen LogP contribution in [0.4, 0.5) is 13.2 Å². The van der Waals surface area contributed by atoms with Crippen molar-refractivity contribution in [1.29, 1.82) is 0 Å². The molecule has 1 aliphatic rings. The van der Waals surface area contributed by atoms with E-state index in [9.17, 15) is 23.1 Å². The Morgan fingerprint density at radius 3 is 2.57 bits per heavy atom. The van der Waals surface area contributed by atoms with E-state index < -0.39 is 17.5 Å². The fourth-order valence-corrected chi connectivity index (χ4v) is 4.04. The smallest absolute Gasteiger partial charge is 0.416 e. The van der Waals surface area contributed by atoms with E-state index in [1.807, 2.05) is 11.6 Å². The van der Waals surface area contributed by atoms with Gasteiger partial charge in [-0.25, -0.2) is 4.98 Å². The summed E-state index contributed by atoms with van der Waals surface area (Å²) in [5, 5.41) is 15.6. The summed E-state index contributed by atoms with van der Waals surface area (Å²) in [7, 11) is 1.78. The van der Waals surface area contributed by atoms with Crippen LogP contribution in [0.3, 0.4) is 0 Å². The Kier molecular flexibility index (Phi) is 4.71. The highest BCUT2D eigenvalue weighted by atomic mass is 19.4. The molecule has 0 spiro atoms. The van der Waals surface area contributed by atoms with E-state index in [1.54, 1.807) is 24.1 Å². The molecule has 1 N–H and O–H groups in total. The number of alkyl halides is 3. The summed E-state index contributed by atoms with van der Waals surface area (Å²) in [6, 6.07) is 5.19. The Morgan fingerprint density at radius 2 is 1.97 bits per heavy atom. The van der Waals surface area contributed by atoms with Crippen molar-refractivity contribution in [2.45, 2.75) is 33.0 Å². The topological polar surface area (TPSA) is 71.2 Å². The van der Waals surface area contributed by atoms with Crippen molar-refractivity contribution in [3.05, 3.63) is 41.1 Å². The number of phenols is 1. The number of benzene rings is 1. The monoisotopic (exact) mass is 418 g/mol. The van der Waals surface area contributed by atoms with Gasteiger partial charge in [-0.15, -0.1) is 0 Å². The Hall–Kier alpha value is -3.10. The summed E-state index contributed by atoms with van der Waals surface area (Å²) in [6.07, 6.45) is -4.06. The molecule has 3 aromatic rings. The highest BCUT2D eigenvalue weighted by Gasteiger charge is 2.32. The van der Waals surface area contributed by atoms with Gasteiger partial charge in [-0.2, -0.15) is 18.3 Å². The lowest BCUT2D eigenvalue weighted by Gasteiger charge is -2.13. The quantitative estimate of drug-likeness (QED) is 0.700. The first kappa shape index (κ1) is 20.2. The Balaban J connectivity index is 1.70. The number of nitrogens with zero attached hydrogens (tertiary/aromatic N) is 4. The van der Waals surface area contributed by atoms with Crippen LogP contribution < -0.4 is 0 Å². The fourth-order valence-electron chi connectivity index (χ4n) is 4.04. The van der Waals surface area contributed by atoms with E-state index in [4.69, 9.17) is 0 Å². The van der Waals surface area contributed by atoms with Crippen LogP contribution in [0.5, 0.6) is 5.75 Å². The molecule has 1 saturated heterocycles. The molecule has 0 unspecified atom stereocenters. The molecule has 158 valence electrons. The van der Waals surface area contributed by atoms with Crippen molar-refractivity contribution in [3.63, 3.8) is 0 Å². The number of phenolic OH excluding ortho intramolecular Hbond substituents is 1. The standard InChI is InChI=1S/C21H21F3N4O2/c1-11-6-14(21(22,23)24)8-17(29)19(11)16-5-4-15-12(2)28(26-20(15)25-16)10-13-7-18(30)27(3)9-13/h4-6,8,13,29H,7,9-10H2,1-3H3/t13-/m1/s1. The minimum absolute atomic E-state index is 0.114. The SMILES string of the molecule is Cc1cc(C(F)(F)F)cc(O)c1-c1ccc2c(C)n(C[C@@H]3CC(=O)N(C)C3)nc2n1. The molecule has 30 heavy (non-hydrogen) atoms. The van der Waals surface area contributed by atoms with Gasteiger partial charge in [0.1, 0.15) is 5.75 Å². The molecule has 0 radical (unpaired) electrons. The Bertz CT molecular complexity index is 1130. The third-order valence-electron chi connectivity index (χ3n) is 5.62. The maximum atomic E-state index is 13.0. The number of hydrogen-bond acceptors (Lipinski definition) is 4. The summed E-state index contributed by atoms with van der Waals surface area (Å²) in [5.74, 6) is -0.197. The number of carbonyl (C=O) groups excluding carboxylic acids is 1. The van der Waals surface area contributed by atoms with Crippen LogP contribution in [0.15, 0.2) is 24.3 Å². The zero-order valence-electron chi connectivity index (χ0n) is 16.8. The van der Waals surface area contributed by atoms with Crippen molar-refractivity contribution in [2.24, 2.45) is 5.92 Å². The summed E-state index contributed by atoms with van der Waals surface area (Å²) in [6.45, 7) is 4.68. The number of aromatic hydroxyl groups is 1. The molecule has 1 amide bonds. The number of amides is 1. The summed E-state index contributed by atoms with van der Waals surface area (Å²) in [4.78, 5) is 18.0. The Morgan fingerprint density at radius 1 is 1.23 bits per heavy atom. The molecule has 0 aliphatic carbocycles. The molecule has 1 aliphatic heterocycles. The molecule has 4 rings (SSSR count). The summed E-state index contributed by atoms with van der Waals surface area (Å²) in [5.41, 5.74) is 1.32. The number of likely N-dealkylation sites (tertiary alicyclic amines) is 1. The number of pyridine rings is 1.